The Labute approximate surface area is 97.5 Å². The molecular weight excluding hydrogens is 222 g/mol. The molecule has 3 N–H and O–H groups in total. The van der Waals surface area contributed by atoms with E-state index >= 15 is 0 Å². The minimum Gasteiger partial charge on any atom is -0.397 e. The van der Waals surface area contributed by atoms with Gasteiger partial charge in [-0.1, -0.05) is 0 Å². The fourth-order valence-corrected chi connectivity index (χ4v) is 1.56. The minimum absolute atomic E-state index is 0.0890. The van der Waals surface area contributed by atoms with Crippen LogP contribution in [0.2, 0.25) is 0 Å². The quantitative estimate of drug-likeness (QED) is 0.726. The van der Waals surface area contributed by atoms with Crippen LogP contribution in [-0.2, 0) is 4.79 Å². The molecule has 1 aromatic carbocycles. The van der Waals surface area contributed by atoms with Crippen molar-refractivity contribution in [1.29, 1.82) is 0 Å². The summed E-state index contributed by atoms with van der Waals surface area (Å²) in [5.41, 5.74) is 8.04. The molecule has 7 nitrogen and oxygen atoms in total. The Balaban J connectivity index is 2.38. The van der Waals surface area contributed by atoms with E-state index in [9.17, 15) is 4.79 Å². The molecule has 7 heteroatoms. The van der Waals surface area contributed by atoms with Gasteiger partial charge < -0.3 is 16.0 Å². The van der Waals surface area contributed by atoms with Gasteiger partial charge in [0.05, 0.1) is 17.9 Å². The van der Waals surface area contributed by atoms with E-state index < -0.39 is 0 Å². The SMILES string of the molecule is CNC(=O)CN(C)c1ccc(N)c2nonc12. The van der Waals surface area contributed by atoms with Crippen LogP contribution in [0.3, 0.4) is 0 Å². The molecule has 17 heavy (non-hydrogen) atoms. The number of hydrogen-bond donors (Lipinski definition) is 2. The van der Waals surface area contributed by atoms with Crippen LogP contribution in [0.1, 0.15) is 0 Å². The third kappa shape index (κ3) is 1.99. The van der Waals surface area contributed by atoms with Crippen LogP contribution in [0.25, 0.3) is 11.0 Å². The molecule has 90 valence electrons. The second-order valence-electron chi connectivity index (χ2n) is 3.66. The van der Waals surface area contributed by atoms with Gasteiger partial charge in [-0.15, -0.1) is 0 Å². The first kappa shape index (κ1) is 11.2. The van der Waals surface area contributed by atoms with E-state index in [-0.39, 0.29) is 12.5 Å². The second-order valence-corrected chi connectivity index (χ2v) is 3.66. The van der Waals surface area contributed by atoms with Gasteiger partial charge in [-0.2, -0.15) is 0 Å². The Kier molecular flexibility index (Phi) is 2.82. The zero-order valence-corrected chi connectivity index (χ0v) is 9.60. The van der Waals surface area contributed by atoms with Gasteiger partial charge in [-0.3, -0.25) is 4.79 Å². The molecule has 0 radical (unpaired) electrons. The average Bonchev–Trinajstić information content (AvgIpc) is 2.79. The molecular formula is C10H13N5O2. The monoisotopic (exact) mass is 235 g/mol. The lowest BCUT2D eigenvalue weighted by Crippen LogP contribution is -2.33. The number of likely N-dealkylation sites (N-methyl/N-ethyl adjacent to an activating group) is 2. The number of carbonyl (C=O) groups is 1. The van der Waals surface area contributed by atoms with Crippen molar-refractivity contribution < 1.29 is 9.42 Å². The molecule has 0 bridgehead atoms. The Bertz CT molecular complexity index is 551. The standard InChI is InChI=1S/C10H13N5O2/c1-12-8(16)5-15(2)7-4-3-6(11)9-10(7)14-17-13-9/h3-4H,5,11H2,1-2H3,(H,12,16). The van der Waals surface area contributed by atoms with Gasteiger partial charge in [0.2, 0.25) is 5.91 Å². The number of carbonyl (C=O) groups excluding carboxylic acids is 1. The van der Waals surface area contributed by atoms with E-state index in [4.69, 9.17) is 5.73 Å². The fraction of sp³-hybridized carbons (Fsp3) is 0.300. The lowest BCUT2D eigenvalue weighted by molar-refractivity contribution is -0.119. The number of aromatic nitrogens is 2. The van der Waals surface area contributed by atoms with E-state index in [2.05, 4.69) is 20.3 Å². The third-order valence-corrected chi connectivity index (χ3v) is 2.50. The van der Waals surface area contributed by atoms with Crippen molar-refractivity contribution in [2.45, 2.75) is 0 Å². The van der Waals surface area contributed by atoms with Gasteiger partial charge in [0.15, 0.2) is 11.0 Å². The zero-order chi connectivity index (χ0) is 12.4. The van der Waals surface area contributed by atoms with Crippen LogP contribution in [0.15, 0.2) is 16.8 Å². The predicted molar refractivity (Wildman–Crippen MR) is 63.6 cm³/mol. The fourth-order valence-electron chi connectivity index (χ4n) is 1.56. The number of nitrogens with zero attached hydrogens (tertiary/aromatic N) is 3. The van der Waals surface area contributed by atoms with Crippen LogP contribution in [0, 0.1) is 0 Å². The number of nitrogen functional groups attached to an aromatic ring is 1. The molecule has 2 rings (SSSR count). The Morgan fingerprint density at radius 1 is 1.47 bits per heavy atom. The minimum atomic E-state index is -0.0890. The topological polar surface area (TPSA) is 97.3 Å². The summed E-state index contributed by atoms with van der Waals surface area (Å²) < 4.78 is 4.66. The van der Waals surface area contributed by atoms with Crippen LogP contribution < -0.4 is 16.0 Å². The normalized spacial score (nSPS) is 10.5. The molecule has 1 heterocycles. The molecule has 0 fully saturated rings. The van der Waals surface area contributed by atoms with Crippen molar-refractivity contribution in [3.8, 4) is 0 Å². The Morgan fingerprint density at radius 3 is 2.88 bits per heavy atom. The Morgan fingerprint density at radius 2 is 2.18 bits per heavy atom. The van der Waals surface area contributed by atoms with Crippen LogP contribution in [-0.4, -0.2) is 36.9 Å². The summed E-state index contributed by atoms with van der Waals surface area (Å²) in [7, 11) is 3.38. The summed E-state index contributed by atoms with van der Waals surface area (Å²) in [5, 5.41) is 10.1. The van der Waals surface area contributed by atoms with Crippen molar-refractivity contribution >= 4 is 28.3 Å². The molecule has 0 aliphatic carbocycles. The molecule has 2 aromatic rings. The van der Waals surface area contributed by atoms with Crippen molar-refractivity contribution in [2.24, 2.45) is 0 Å². The summed E-state index contributed by atoms with van der Waals surface area (Å²) in [6.07, 6.45) is 0. The summed E-state index contributed by atoms with van der Waals surface area (Å²) in [6, 6.07) is 3.49. The highest BCUT2D eigenvalue weighted by molar-refractivity contribution is 5.96. The van der Waals surface area contributed by atoms with E-state index in [1.54, 1.807) is 31.1 Å². The Hall–Kier alpha value is -2.31. The van der Waals surface area contributed by atoms with E-state index in [1.807, 2.05) is 0 Å². The molecule has 1 amide bonds. The van der Waals surface area contributed by atoms with Crippen LogP contribution >= 0.6 is 0 Å². The lowest BCUT2D eigenvalue weighted by Gasteiger charge is -2.18. The number of anilines is 2. The van der Waals surface area contributed by atoms with Gasteiger partial charge in [0.1, 0.15) is 0 Å². The molecule has 0 saturated carbocycles. The maximum Gasteiger partial charge on any atom is 0.239 e. The summed E-state index contributed by atoms with van der Waals surface area (Å²) in [5.74, 6) is -0.0890. The van der Waals surface area contributed by atoms with Gasteiger partial charge in [0.25, 0.3) is 0 Å². The summed E-state index contributed by atoms with van der Waals surface area (Å²) in [6.45, 7) is 0.225. The molecule has 0 aliphatic heterocycles. The number of benzene rings is 1. The van der Waals surface area contributed by atoms with Crippen molar-refractivity contribution in [3.05, 3.63) is 12.1 Å². The maximum atomic E-state index is 11.3. The third-order valence-electron chi connectivity index (χ3n) is 2.50. The van der Waals surface area contributed by atoms with Gasteiger partial charge in [-0.05, 0) is 22.4 Å². The van der Waals surface area contributed by atoms with Crippen molar-refractivity contribution in [3.63, 3.8) is 0 Å². The predicted octanol–water partition coefficient (Wildman–Crippen LogP) is -0.0128. The molecule has 1 aromatic heterocycles. The van der Waals surface area contributed by atoms with Crippen molar-refractivity contribution in [2.75, 3.05) is 31.3 Å². The number of rotatable bonds is 3. The first-order valence-electron chi connectivity index (χ1n) is 5.06. The number of amides is 1. The summed E-state index contributed by atoms with van der Waals surface area (Å²) >= 11 is 0. The number of nitrogens with two attached hydrogens (primary N) is 1. The van der Waals surface area contributed by atoms with E-state index in [1.165, 1.54) is 0 Å². The maximum absolute atomic E-state index is 11.3. The number of nitrogens with one attached hydrogen (secondary N) is 1. The first-order valence-corrected chi connectivity index (χ1v) is 5.06. The van der Waals surface area contributed by atoms with Crippen LogP contribution in [0.4, 0.5) is 11.4 Å². The molecule has 0 saturated heterocycles. The average molecular weight is 235 g/mol. The highest BCUT2D eigenvalue weighted by Crippen LogP contribution is 2.27. The smallest absolute Gasteiger partial charge is 0.239 e. The molecule has 0 spiro atoms. The van der Waals surface area contributed by atoms with Gasteiger partial charge in [-0.25, -0.2) is 4.63 Å². The summed E-state index contributed by atoms with van der Waals surface area (Å²) in [4.78, 5) is 13.1. The van der Waals surface area contributed by atoms with E-state index in [0.717, 1.165) is 5.69 Å². The van der Waals surface area contributed by atoms with Gasteiger partial charge >= 0.3 is 0 Å². The highest BCUT2D eigenvalue weighted by atomic mass is 16.6. The zero-order valence-electron chi connectivity index (χ0n) is 9.60. The first-order chi connectivity index (χ1) is 8.13. The van der Waals surface area contributed by atoms with E-state index in [0.29, 0.717) is 16.7 Å². The number of hydrogen-bond acceptors (Lipinski definition) is 6. The number of fused-ring (bicyclic) bond motifs is 1. The molecule has 0 aliphatic rings. The molecule has 0 atom stereocenters. The van der Waals surface area contributed by atoms with Crippen LogP contribution in [0.5, 0.6) is 0 Å². The largest absolute Gasteiger partial charge is 0.397 e. The lowest BCUT2D eigenvalue weighted by atomic mass is 10.2. The van der Waals surface area contributed by atoms with Gasteiger partial charge in [0, 0.05) is 14.1 Å². The van der Waals surface area contributed by atoms with Crippen molar-refractivity contribution in [1.82, 2.24) is 15.6 Å². The second kappa shape index (κ2) is 4.28. The molecule has 0 unspecified atom stereocenters. The highest BCUT2D eigenvalue weighted by Gasteiger charge is 2.14.